The second kappa shape index (κ2) is 12.4. The summed E-state index contributed by atoms with van der Waals surface area (Å²) in [4.78, 5) is 25.2. The summed E-state index contributed by atoms with van der Waals surface area (Å²) in [5, 5.41) is 3.98. The van der Waals surface area contributed by atoms with Crippen molar-refractivity contribution < 1.29 is 18.3 Å². The monoisotopic (exact) mass is 559 g/mol. The van der Waals surface area contributed by atoms with Gasteiger partial charge in [0.25, 0.3) is 12.3 Å². The molecule has 0 saturated carbocycles. The van der Waals surface area contributed by atoms with Gasteiger partial charge in [-0.15, -0.1) is 11.3 Å². The molecular formula is C25H23F2N5O2S3. The molecule has 2 aromatic heterocycles. The molecule has 1 N–H and O–H groups in total. The van der Waals surface area contributed by atoms with Crippen LogP contribution in [-0.4, -0.2) is 39.4 Å². The number of rotatable bonds is 10. The molecule has 4 aromatic rings. The number of carbonyl (C=O) groups is 1. The summed E-state index contributed by atoms with van der Waals surface area (Å²) in [6.07, 6.45) is -1.12. The van der Waals surface area contributed by atoms with Crippen molar-refractivity contribution in [3.63, 3.8) is 0 Å². The van der Waals surface area contributed by atoms with E-state index in [1.807, 2.05) is 30.3 Å². The lowest BCUT2D eigenvalue weighted by molar-refractivity contribution is -0.120. The summed E-state index contributed by atoms with van der Waals surface area (Å²) < 4.78 is 33.5. The molecule has 2 aromatic carbocycles. The third-order valence-electron chi connectivity index (χ3n) is 5.05. The third-order valence-corrected chi connectivity index (χ3v) is 8.17. The van der Waals surface area contributed by atoms with E-state index in [4.69, 9.17) is 4.74 Å². The molecule has 2 heterocycles. The first-order chi connectivity index (χ1) is 17.8. The number of halogens is 2. The first-order valence-corrected chi connectivity index (χ1v) is 13.8. The van der Waals surface area contributed by atoms with Gasteiger partial charge in [-0.25, -0.2) is 29.2 Å². The number of nitrogens with zero attached hydrogens (tertiary/aromatic N) is 4. The van der Waals surface area contributed by atoms with E-state index < -0.39 is 6.43 Å². The molecule has 1 atom stereocenters. The highest BCUT2D eigenvalue weighted by Gasteiger charge is 2.17. The van der Waals surface area contributed by atoms with Crippen molar-refractivity contribution >= 4 is 57.2 Å². The highest BCUT2D eigenvalue weighted by atomic mass is 32.2. The SMILES string of the molecule is COc1ccc(/C=N\NC(=O)[C@H](C)Sc2nc3ccccc3s2)cc1CSc1nc(C)cc(C(F)F)n1. The fourth-order valence-electron chi connectivity index (χ4n) is 3.24. The van der Waals surface area contributed by atoms with Gasteiger partial charge in [-0.2, -0.15) is 5.10 Å². The van der Waals surface area contributed by atoms with Crippen LogP contribution in [0.3, 0.4) is 0 Å². The van der Waals surface area contributed by atoms with E-state index >= 15 is 0 Å². The number of alkyl halides is 2. The number of hydrogen-bond acceptors (Lipinski definition) is 9. The zero-order chi connectivity index (χ0) is 26.4. The van der Waals surface area contributed by atoms with Crippen LogP contribution >= 0.6 is 34.9 Å². The smallest absolute Gasteiger partial charge is 0.280 e. The van der Waals surface area contributed by atoms with Crippen molar-refractivity contribution in [2.24, 2.45) is 5.10 Å². The number of aryl methyl sites for hydroxylation is 1. The number of thioether (sulfide) groups is 2. The second-order valence-corrected chi connectivity index (χ2v) is 11.4. The van der Waals surface area contributed by atoms with E-state index in [0.29, 0.717) is 17.2 Å². The minimum absolute atomic E-state index is 0.240. The van der Waals surface area contributed by atoms with Gasteiger partial charge in [-0.3, -0.25) is 4.79 Å². The molecule has 0 saturated heterocycles. The topological polar surface area (TPSA) is 89.4 Å². The van der Waals surface area contributed by atoms with E-state index in [2.05, 4.69) is 25.5 Å². The number of methoxy groups -OCH3 is 1. The number of hydrazone groups is 1. The van der Waals surface area contributed by atoms with Crippen LogP contribution in [-0.2, 0) is 10.5 Å². The molecule has 0 unspecified atom stereocenters. The van der Waals surface area contributed by atoms with Crippen molar-refractivity contribution in [2.45, 2.75) is 40.8 Å². The molecule has 1 amide bonds. The molecule has 0 aliphatic heterocycles. The van der Waals surface area contributed by atoms with E-state index in [0.717, 1.165) is 25.7 Å². The predicted octanol–water partition coefficient (Wildman–Crippen LogP) is 6.26. The van der Waals surface area contributed by atoms with Crippen LogP contribution in [0.1, 0.15) is 35.9 Å². The Morgan fingerprint density at radius 1 is 1.19 bits per heavy atom. The van der Waals surface area contributed by atoms with Crippen LogP contribution in [0.2, 0.25) is 0 Å². The molecule has 192 valence electrons. The number of nitrogens with one attached hydrogen (secondary N) is 1. The van der Waals surface area contributed by atoms with Gasteiger partial charge in [0.05, 0.1) is 28.8 Å². The quantitative estimate of drug-likeness (QED) is 0.106. The maximum Gasteiger partial charge on any atom is 0.280 e. The lowest BCUT2D eigenvalue weighted by Gasteiger charge is -2.10. The fraction of sp³-hybridized carbons (Fsp3) is 0.240. The van der Waals surface area contributed by atoms with Crippen LogP contribution in [0.25, 0.3) is 10.2 Å². The summed E-state index contributed by atoms with van der Waals surface area (Å²) in [6, 6.07) is 14.6. The summed E-state index contributed by atoms with van der Waals surface area (Å²) in [6.45, 7) is 3.46. The largest absolute Gasteiger partial charge is 0.496 e. The Bertz CT molecular complexity index is 1400. The maximum absolute atomic E-state index is 13.1. The van der Waals surface area contributed by atoms with Crippen LogP contribution in [0.15, 0.2) is 63.1 Å². The van der Waals surface area contributed by atoms with E-state index in [9.17, 15) is 13.6 Å². The van der Waals surface area contributed by atoms with E-state index in [1.165, 1.54) is 29.6 Å². The van der Waals surface area contributed by atoms with Crippen molar-refractivity contribution in [1.82, 2.24) is 20.4 Å². The number of benzene rings is 2. The van der Waals surface area contributed by atoms with Crippen molar-refractivity contribution in [3.8, 4) is 5.75 Å². The fourth-order valence-corrected chi connectivity index (χ4v) is 6.34. The Hall–Kier alpha value is -3.09. The number of thiazole rings is 1. The van der Waals surface area contributed by atoms with Gasteiger partial charge in [-0.05, 0) is 55.8 Å². The minimum Gasteiger partial charge on any atom is -0.496 e. The first kappa shape index (κ1) is 27.0. The molecule has 0 bridgehead atoms. The predicted molar refractivity (Wildman–Crippen MR) is 145 cm³/mol. The average molecular weight is 560 g/mol. The van der Waals surface area contributed by atoms with Crippen LogP contribution in [0.4, 0.5) is 8.78 Å². The molecule has 4 rings (SSSR count). The Kier molecular flexibility index (Phi) is 9.06. The summed E-state index contributed by atoms with van der Waals surface area (Å²) in [7, 11) is 1.56. The summed E-state index contributed by atoms with van der Waals surface area (Å²) in [5.74, 6) is 0.798. The van der Waals surface area contributed by atoms with Gasteiger partial charge in [0, 0.05) is 17.0 Å². The van der Waals surface area contributed by atoms with Crippen LogP contribution in [0.5, 0.6) is 5.75 Å². The Balaban J connectivity index is 1.37. The molecule has 0 aliphatic carbocycles. The Morgan fingerprint density at radius 2 is 2.00 bits per heavy atom. The zero-order valence-electron chi connectivity index (χ0n) is 20.1. The molecular weight excluding hydrogens is 537 g/mol. The van der Waals surface area contributed by atoms with Gasteiger partial charge >= 0.3 is 0 Å². The molecule has 7 nitrogen and oxygen atoms in total. The van der Waals surface area contributed by atoms with Crippen molar-refractivity contribution in [3.05, 3.63) is 71.0 Å². The third kappa shape index (κ3) is 7.24. The number of hydrogen-bond donors (Lipinski definition) is 1. The molecule has 12 heteroatoms. The number of amides is 1. The molecule has 0 fully saturated rings. The van der Waals surface area contributed by atoms with E-state index in [-0.39, 0.29) is 22.0 Å². The molecule has 0 aliphatic rings. The highest BCUT2D eigenvalue weighted by molar-refractivity contribution is 8.02. The Morgan fingerprint density at radius 3 is 2.76 bits per heavy atom. The van der Waals surface area contributed by atoms with Crippen LogP contribution in [0, 0.1) is 6.92 Å². The van der Waals surface area contributed by atoms with Gasteiger partial charge in [-0.1, -0.05) is 35.7 Å². The lowest BCUT2D eigenvalue weighted by atomic mass is 10.1. The Labute approximate surface area is 225 Å². The highest BCUT2D eigenvalue weighted by Crippen LogP contribution is 2.32. The van der Waals surface area contributed by atoms with Gasteiger partial charge in [0.1, 0.15) is 11.4 Å². The number of ether oxygens (including phenoxy) is 1. The normalized spacial score (nSPS) is 12.4. The molecule has 0 spiro atoms. The minimum atomic E-state index is -2.66. The van der Waals surface area contributed by atoms with Gasteiger partial charge in [0.2, 0.25) is 0 Å². The van der Waals surface area contributed by atoms with Gasteiger partial charge in [0.15, 0.2) is 9.50 Å². The van der Waals surface area contributed by atoms with Crippen LogP contribution < -0.4 is 10.2 Å². The number of carbonyl (C=O) groups excluding carboxylic acids is 1. The van der Waals surface area contributed by atoms with Crippen molar-refractivity contribution in [1.29, 1.82) is 0 Å². The second-order valence-electron chi connectivity index (χ2n) is 7.82. The maximum atomic E-state index is 13.1. The number of fused-ring (bicyclic) bond motifs is 1. The van der Waals surface area contributed by atoms with Gasteiger partial charge < -0.3 is 4.74 Å². The average Bonchev–Trinajstić information content (AvgIpc) is 3.29. The lowest BCUT2D eigenvalue weighted by Crippen LogP contribution is -2.26. The van der Waals surface area contributed by atoms with E-state index in [1.54, 1.807) is 50.6 Å². The zero-order valence-corrected chi connectivity index (χ0v) is 22.6. The number of aromatic nitrogens is 3. The standard InChI is InChI=1S/C25H23F2N5O2S3/c1-14-10-19(22(26)27)30-24(29-14)35-13-17-11-16(8-9-20(17)34-3)12-28-32-23(33)15(2)36-25-31-18-6-4-5-7-21(18)37-25/h4-12,15,22H,13H2,1-3H3,(H,32,33)/b28-12-/t15-/m0/s1. The molecule has 37 heavy (non-hydrogen) atoms. The summed E-state index contributed by atoms with van der Waals surface area (Å²) >= 11 is 4.17. The van der Waals surface area contributed by atoms with Crippen molar-refractivity contribution in [2.75, 3.05) is 7.11 Å². The first-order valence-electron chi connectivity index (χ1n) is 11.1. The summed E-state index contributed by atoms with van der Waals surface area (Å²) in [5.41, 5.74) is 5.22. The molecule has 0 radical (unpaired) electrons. The number of para-hydroxylation sites is 1.